The van der Waals surface area contributed by atoms with E-state index in [9.17, 15) is 31.1 Å². The number of amides is 1. The number of nitrogens with one attached hydrogen (secondary N) is 1. The lowest BCUT2D eigenvalue weighted by Crippen LogP contribution is -2.50. The summed E-state index contributed by atoms with van der Waals surface area (Å²) in [5, 5.41) is 14.5. The van der Waals surface area contributed by atoms with E-state index in [-0.39, 0.29) is 22.4 Å². The Hall–Kier alpha value is -3.26. The van der Waals surface area contributed by atoms with Crippen molar-refractivity contribution in [2.45, 2.75) is 49.9 Å². The molecule has 1 saturated carbocycles. The molecule has 4 rings (SSSR count). The lowest BCUT2D eigenvalue weighted by Gasteiger charge is -2.35. The molecule has 1 N–H and O–H groups in total. The van der Waals surface area contributed by atoms with Crippen LogP contribution in [0, 0.1) is 24.1 Å². The summed E-state index contributed by atoms with van der Waals surface area (Å²) in [6.45, 7) is 1.52. The molecule has 0 spiro atoms. The molecule has 1 heterocycles. The molecule has 0 bridgehead atoms. The van der Waals surface area contributed by atoms with Crippen LogP contribution >= 0.6 is 11.6 Å². The van der Waals surface area contributed by atoms with E-state index in [1.807, 2.05) is 0 Å². The monoisotopic (exact) mass is 515 g/mol. The number of hydrogen-bond acceptors (Lipinski definition) is 4. The molecule has 0 aromatic heterocycles. The first-order chi connectivity index (χ1) is 16.3. The maximum atomic E-state index is 14.7. The van der Waals surface area contributed by atoms with Gasteiger partial charge in [-0.15, -0.1) is 0 Å². The van der Waals surface area contributed by atoms with Gasteiger partial charge in [-0.2, -0.15) is 18.4 Å². The number of benzene rings is 2. The first kappa shape index (κ1) is 24.9. The standard InChI is InChI=1S/C23H16ClF6N3O2/c1-11-4-13(2-3-15(11)20(34)32-14-7-21(26,27)8-14)18-9-22(35-33-18,23(28,29)30)16-5-12(10-31)6-17(24)19(16)25/h2-6,14H,7-9H2,1H3,(H,32,34)/t22-/m0/s1. The average molecular weight is 516 g/mol. The summed E-state index contributed by atoms with van der Waals surface area (Å²) in [5.41, 5.74) is -3.95. The van der Waals surface area contributed by atoms with Crippen LogP contribution in [0.2, 0.25) is 5.02 Å². The maximum Gasteiger partial charge on any atom is 0.435 e. The number of aryl methyl sites for hydroxylation is 1. The number of oxime groups is 1. The quantitative estimate of drug-likeness (QED) is 0.525. The summed E-state index contributed by atoms with van der Waals surface area (Å²) < 4.78 is 83.3. The minimum absolute atomic E-state index is 0.158. The third-order valence-corrected chi connectivity index (χ3v) is 6.28. The predicted molar refractivity (Wildman–Crippen MR) is 113 cm³/mol. The Labute approximate surface area is 200 Å². The third-order valence-electron chi connectivity index (χ3n) is 6.01. The molecule has 1 amide bonds. The van der Waals surface area contributed by atoms with Crippen molar-refractivity contribution in [3.05, 3.63) is 69.0 Å². The summed E-state index contributed by atoms with van der Waals surface area (Å²) in [6.07, 6.45) is -6.97. The summed E-state index contributed by atoms with van der Waals surface area (Å²) in [6, 6.07) is 6.65. The fourth-order valence-corrected chi connectivity index (χ4v) is 4.33. The van der Waals surface area contributed by atoms with Gasteiger partial charge in [0.05, 0.1) is 28.8 Å². The Morgan fingerprint density at radius 1 is 1.26 bits per heavy atom. The van der Waals surface area contributed by atoms with Crippen LogP contribution in [-0.4, -0.2) is 29.8 Å². The summed E-state index contributed by atoms with van der Waals surface area (Å²) >= 11 is 5.71. The molecule has 1 aliphatic carbocycles. The largest absolute Gasteiger partial charge is 0.435 e. The maximum absolute atomic E-state index is 14.7. The molecule has 0 unspecified atom stereocenters. The molecular formula is C23H16ClF6N3O2. The van der Waals surface area contributed by atoms with Crippen LogP contribution in [0.5, 0.6) is 0 Å². The average Bonchev–Trinajstić information content (AvgIpc) is 3.21. The SMILES string of the molecule is Cc1cc(C2=NO[C@@](c3cc(C#N)cc(Cl)c3F)(C(F)(F)F)C2)ccc1C(=O)NC1CC(F)(F)C1. The van der Waals surface area contributed by atoms with E-state index in [1.54, 1.807) is 6.07 Å². The first-order valence-corrected chi connectivity index (χ1v) is 10.7. The van der Waals surface area contributed by atoms with Crippen molar-refractivity contribution < 1.29 is 36.0 Å². The minimum atomic E-state index is -5.13. The van der Waals surface area contributed by atoms with Crippen LogP contribution in [0.25, 0.3) is 0 Å². The van der Waals surface area contributed by atoms with Gasteiger partial charge >= 0.3 is 6.18 Å². The second kappa shape index (κ2) is 8.45. The van der Waals surface area contributed by atoms with Crippen molar-refractivity contribution in [1.82, 2.24) is 5.32 Å². The number of nitrogens with zero attached hydrogens (tertiary/aromatic N) is 2. The van der Waals surface area contributed by atoms with Crippen molar-refractivity contribution >= 4 is 23.2 Å². The molecule has 1 atom stereocenters. The Balaban J connectivity index is 1.61. The molecule has 1 aliphatic heterocycles. The summed E-state index contributed by atoms with van der Waals surface area (Å²) in [5.74, 6) is -4.78. The van der Waals surface area contributed by atoms with Gasteiger partial charge in [0.2, 0.25) is 0 Å². The Morgan fingerprint density at radius 3 is 2.51 bits per heavy atom. The van der Waals surface area contributed by atoms with Gasteiger partial charge in [0, 0.05) is 30.0 Å². The summed E-state index contributed by atoms with van der Waals surface area (Å²) in [4.78, 5) is 17.2. The number of carbonyl (C=O) groups is 1. The smallest absolute Gasteiger partial charge is 0.374 e. The number of nitriles is 1. The zero-order chi connectivity index (χ0) is 25.8. The molecule has 5 nitrogen and oxygen atoms in total. The highest BCUT2D eigenvalue weighted by molar-refractivity contribution is 6.31. The van der Waals surface area contributed by atoms with E-state index in [1.165, 1.54) is 25.1 Å². The topological polar surface area (TPSA) is 74.5 Å². The fraction of sp³-hybridized carbons (Fsp3) is 0.348. The van der Waals surface area contributed by atoms with Crippen molar-refractivity contribution in [2.75, 3.05) is 0 Å². The molecule has 12 heteroatoms. The molecule has 2 aromatic carbocycles. The minimum Gasteiger partial charge on any atom is -0.374 e. The van der Waals surface area contributed by atoms with Crippen molar-refractivity contribution in [1.29, 1.82) is 5.26 Å². The number of halogens is 7. The van der Waals surface area contributed by atoms with Gasteiger partial charge in [0.25, 0.3) is 17.4 Å². The number of hydrogen-bond donors (Lipinski definition) is 1. The van der Waals surface area contributed by atoms with Crippen LogP contribution in [-0.2, 0) is 10.4 Å². The van der Waals surface area contributed by atoms with Crippen LogP contribution in [0.15, 0.2) is 35.5 Å². The van der Waals surface area contributed by atoms with Crippen LogP contribution in [0.3, 0.4) is 0 Å². The van der Waals surface area contributed by atoms with E-state index in [4.69, 9.17) is 21.7 Å². The van der Waals surface area contributed by atoms with E-state index in [2.05, 4.69) is 10.5 Å². The number of carbonyl (C=O) groups excluding carboxylic acids is 1. The highest BCUT2D eigenvalue weighted by Gasteiger charge is 2.63. The van der Waals surface area contributed by atoms with Gasteiger partial charge in [0.15, 0.2) is 0 Å². The Kier molecular flexibility index (Phi) is 6.00. The molecule has 35 heavy (non-hydrogen) atoms. The van der Waals surface area contributed by atoms with E-state index in [0.29, 0.717) is 5.56 Å². The molecule has 1 fully saturated rings. The van der Waals surface area contributed by atoms with Gasteiger partial charge in [-0.3, -0.25) is 4.79 Å². The lowest BCUT2D eigenvalue weighted by atomic mass is 9.85. The highest BCUT2D eigenvalue weighted by atomic mass is 35.5. The van der Waals surface area contributed by atoms with E-state index in [0.717, 1.165) is 12.1 Å². The molecule has 2 aliphatic rings. The molecule has 2 aromatic rings. The van der Waals surface area contributed by atoms with Gasteiger partial charge < -0.3 is 10.2 Å². The molecule has 0 saturated heterocycles. The normalized spacial score (nSPS) is 21.5. The Morgan fingerprint density at radius 2 is 1.94 bits per heavy atom. The second-order valence-corrected chi connectivity index (χ2v) is 8.93. The first-order valence-electron chi connectivity index (χ1n) is 10.3. The fourth-order valence-electron chi connectivity index (χ4n) is 4.11. The zero-order valence-corrected chi connectivity index (χ0v) is 18.7. The van der Waals surface area contributed by atoms with Crippen molar-refractivity contribution in [3.63, 3.8) is 0 Å². The van der Waals surface area contributed by atoms with Gasteiger partial charge in [-0.1, -0.05) is 22.8 Å². The van der Waals surface area contributed by atoms with Crippen LogP contribution < -0.4 is 5.32 Å². The highest BCUT2D eigenvalue weighted by Crippen LogP contribution is 2.50. The van der Waals surface area contributed by atoms with Crippen molar-refractivity contribution in [2.24, 2.45) is 5.16 Å². The predicted octanol–water partition coefficient (Wildman–Crippen LogP) is 5.77. The van der Waals surface area contributed by atoms with Crippen LogP contribution in [0.4, 0.5) is 26.3 Å². The molecule has 184 valence electrons. The second-order valence-electron chi connectivity index (χ2n) is 8.53. The zero-order valence-electron chi connectivity index (χ0n) is 17.9. The van der Waals surface area contributed by atoms with E-state index < -0.39 is 65.3 Å². The molecule has 0 radical (unpaired) electrons. The number of rotatable bonds is 4. The van der Waals surface area contributed by atoms with Gasteiger partial charge in [-0.25, -0.2) is 13.2 Å². The Bertz CT molecular complexity index is 1280. The molecular weight excluding hydrogens is 500 g/mol. The number of alkyl halides is 5. The third kappa shape index (κ3) is 4.43. The van der Waals surface area contributed by atoms with Crippen LogP contribution in [0.1, 0.15) is 51.9 Å². The van der Waals surface area contributed by atoms with E-state index >= 15 is 0 Å². The van der Waals surface area contributed by atoms with Gasteiger partial charge in [0.1, 0.15) is 5.82 Å². The summed E-state index contributed by atoms with van der Waals surface area (Å²) in [7, 11) is 0. The van der Waals surface area contributed by atoms with Crippen molar-refractivity contribution in [3.8, 4) is 6.07 Å². The van der Waals surface area contributed by atoms with Gasteiger partial charge in [-0.05, 0) is 42.3 Å². The lowest BCUT2D eigenvalue weighted by molar-refractivity contribution is -0.276.